The number of aromatic nitrogens is 2. The summed E-state index contributed by atoms with van der Waals surface area (Å²) in [6.07, 6.45) is 6.45. The van der Waals surface area contributed by atoms with Gasteiger partial charge in [0.25, 0.3) is 0 Å². The SMILES string of the molecule is CN(Cc1ccc2c(c1)CCCN2)Cc1cnn(C)c1. The van der Waals surface area contributed by atoms with Crippen molar-refractivity contribution >= 4 is 5.69 Å². The number of hydrogen-bond donors (Lipinski definition) is 1. The summed E-state index contributed by atoms with van der Waals surface area (Å²) in [5, 5.41) is 7.68. The number of nitrogens with one attached hydrogen (secondary N) is 1. The molecule has 0 amide bonds. The molecular formula is C16H22N4. The molecule has 1 aromatic heterocycles. The van der Waals surface area contributed by atoms with Crippen LogP contribution in [-0.4, -0.2) is 28.3 Å². The second kappa shape index (κ2) is 5.67. The number of rotatable bonds is 4. The van der Waals surface area contributed by atoms with E-state index in [1.165, 1.54) is 35.2 Å². The predicted octanol–water partition coefficient (Wildman–Crippen LogP) is 2.41. The Morgan fingerprint density at radius 1 is 1.30 bits per heavy atom. The van der Waals surface area contributed by atoms with E-state index in [2.05, 4.69) is 46.8 Å². The number of hydrogen-bond acceptors (Lipinski definition) is 3. The van der Waals surface area contributed by atoms with Crippen molar-refractivity contribution in [1.29, 1.82) is 0 Å². The molecule has 0 saturated heterocycles. The van der Waals surface area contributed by atoms with Crippen molar-refractivity contribution in [2.45, 2.75) is 25.9 Å². The van der Waals surface area contributed by atoms with E-state index < -0.39 is 0 Å². The van der Waals surface area contributed by atoms with E-state index in [0.29, 0.717) is 0 Å². The lowest BCUT2D eigenvalue weighted by atomic mass is 10.0. The van der Waals surface area contributed by atoms with Gasteiger partial charge in [-0.15, -0.1) is 0 Å². The normalized spacial score (nSPS) is 14.2. The van der Waals surface area contributed by atoms with Crippen LogP contribution in [0.3, 0.4) is 0 Å². The summed E-state index contributed by atoms with van der Waals surface area (Å²) in [6, 6.07) is 6.81. The molecule has 0 spiro atoms. The van der Waals surface area contributed by atoms with Gasteiger partial charge in [0.05, 0.1) is 6.20 Å². The summed E-state index contributed by atoms with van der Waals surface area (Å²) in [5.74, 6) is 0. The summed E-state index contributed by atoms with van der Waals surface area (Å²) in [4.78, 5) is 2.33. The van der Waals surface area contributed by atoms with E-state index in [1.54, 1.807) is 0 Å². The fourth-order valence-electron chi connectivity index (χ4n) is 2.86. The van der Waals surface area contributed by atoms with Gasteiger partial charge in [0.2, 0.25) is 0 Å². The number of fused-ring (bicyclic) bond motifs is 1. The summed E-state index contributed by atoms with van der Waals surface area (Å²) >= 11 is 0. The topological polar surface area (TPSA) is 33.1 Å². The highest BCUT2D eigenvalue weighted by molar-refractivity contribution is 5.54. The third-order valence-corrected chi connectivity index (χ3v) is 3.77. The maximum Gasteiger partial charge on any atom is 0.0534 e. The Morgan fingerprint density at radius 2 is 2.15 bits per heavy atom. The van der Waals surface area contributed by atoms with Crippen LogP contribution in [-0.2, 0) is 26.6 Å². The lowest BCUT2D eigenvalue weighted by molar-refractivity contribution is 0.319. The maximum atomic E-state index is 4.22. The Kier molecular flexibility index (Phi) is 3.74. The van der Waals surface area contributed by atoms with E-state index in [-0.39, 0.29) is 0 Å². The summed E-state index contributed by atoms with van der Waals surface area (Å²) < 4.78 is 1.85. The molecular weight excluding hydrogens is 248 g/mol. The van der Waals surface area contributed by atoms with Gasteiger partial charge in [-0.3, -0.25) is 9.58 Å². The lowest BCUT2D eigenvalue weighted by Gasteiger charge is -2.21. The van der Waals surface area contributed by atoms with E-state index in [0.717, 1.165) is 19.6 Å². The first kappa shape index (κ1) is 13.2. The van der Waals surface area contributed by atoms with Crippen LogP contribution < -0.4 is 5.32 Å². The largest absolute Gasteiger partial charge is 0.385 e. The number of nitrogens with zero attached hydrogens (tertiary/aromatic N) is 3. The standard InChI is InChI=1S/C16H22N4/c1-19(11-14-9-18-20(2)12-14)10-13-5-6-16-15(8-13)4-3-7-17-16/h5-6,8-9,12,17H,3-4,7,10-11H2,1-2H3. The number of benzene rings is 1. The van der Waals surface area contributed by atoms with Crippen molar-refractivity contribution in [2.24, 2.45) is 7.05 Å². The van der Waals surface area contributed by atoms with Crippen LogP contribution in [0, 0.1) is 0 Å². The molecule has 1 aliphatic heterocycles. The minimum atomic E-state index is 0.934. The van der Waals surface area contributed by atoms with E-state index in [4.69, 9.17) is 0 Å². The van der Waals surface area contributed by atoms with Crippen LogP contribution in [0.2, 0.25) is 0 Å². The molecule has 3 rings (SSSR count). The van der Waals surface area contributed by atoms with Crippen LogP contribution in [0.4, 0.5) is 5.69 Å². The molecule has 20 heavy (non-hydrogen) atoms. The fraction of sp³-hybridized carbons (Fsp3) is 0.438. The number of aryl methyl sites for hydroxylation is 2. The summed E-state index contributed by atoms with van der Waals surface area (Å²) in [5.41, 5.74) is 5.42. The molecule has 1 aromatic carbocycles. The first-order valence-corrected chi connectivity index (χ1v) is 7.22. The van der Waals surface area contributed by atoms with Gasteiger partial charge in [0.15, 0.2) is 0 Å². The Labute approximate surface area is 120 Å². The Balaban J connectivity index is 1.65. The van der Waals surface area contributed by atoms with Gasteiger partial charge in [-0.2, -0.15) is 5.10 Å². The zero-order valence-electron chi connectivity index (χ0n) is 12.3. The molecule has 0 saturated carbocycles. The molecule has 0 aliphatic carbocycles. The van der Waals surface area contributed by atoms with Gasteiger partial charge < -0.3 is 5.32 Å². The first-order valence-electron chi connectivity index (χ1n) is 7.22. The number of anilines is 1. The Bertz CT molecular complexity index is 588. The second-order valence-electron chi connectivity index (χ2n) is 5.72. The average molecular weight is 270 g/mol. The summed E-state index contributed by atoms with van der Waals surface area (Å²) in [7, 11) is 4.12. The molecule has 0 bridgehead atoms. The van der Waals surface area contributed by atoms with Gasteiger partial charge >= 0.3 is 0 Å². The van der Waals surface area contributed by atoms with Crippen molar-refractivity contribution in [2.75, 3.05) is 18.9 Å². The van der Waals surface area contributed by atoms with Crippen molar-refractivity contribution in [1.82, 2.24) is 14.7 Å². The molecule has 0 radical (unpaired) electrons. The molecule has 0 atom stereocenters. The van der Waals surface area contributed by atoms with Gasteiger partial charge in [-0.1, -0.05) is 12.1 Å². The van der Waals surface area contributed by atoms with E-state index in [1.807, 2.05) is 17.9 Å². The quantitative estimate of drug-likeness (QED) is 0.926. The first-order chi connectivity index (χ1) is 9.70. The molecule has 4 nitrogen and oxygen atoms in total. The van der Waals surface area contributed by atoms with Crippen molar-refractivity contribution < 1.29 is 0 Å². The van der Waals surface area contributed by atoms with Crippen LogP contribution in [0.25, 0.3) is 0 Å². The van der Waals surface area contributed by atoms with Crippen molar-refractivity contribution in [3.05, 3.63) is 47.3 Å². The molecule has 4 heteroatoms. The highest BCUT2D eigenvalue weighted by Crippen LogP contribution is 2.23. The maximum absolute atomic E-state index is 4.22. The van der Waals surface area contributed by atoms with Gasteiger partial charge in [-0.05, 0) is 37.1 Å². The second-order valence-corrected chi connectivity index (χ2v) is 5.72. The van der Waals surface area contributed by atoms with Crippen LogP contribution in [0.5, 0.6) is 0 Å². The molecule has 1 N–H and O–H groups in total. The van der Waals surface area contributed by atoms with Crippen molar-refractivity contribution in [3.8, 4) is 0 Å². The van der Waals surface area contributed by atoms with Gasteiger partial charge in [-0.25, -0.2) is 0 Å². The zero-order valence-corrected chi connectivity index (χ0v) is 12.3. The Morgan fingerprint density at radius 3 is 2.95 bits per heavy atom. The lowest BCUT2D eigenvalue weighted by Crippen LogP contribution is -2.18. The molecule has 0 fully saturated rings. The van der Waals surface area contributed by atoms with Gasteiger partial charge in [0, 0.05) is 44.1 Å². The molecule has 2 aromatic rings. The molecule has 106 valence electrons. The zero-order chi connectivity index (χ0) is 13.9. The van der Waals surface area contributed by atoms with E-state index in [9.17, 15) is 0 Å². The Hall–Kier alpha value is -1.81. The predicted molar refractivity (Wildman–Crippen MR) is 81.6 cm³/mol. The monoisotopic (exact) mass is 270 g/mol. The van der Waals surface area contributed by atoms with Crippen LogP contribution in [0.15, 0.2) is 30.6 Å². The third kappa shape index (κ3) is 3.02. The van der Waals surface area contributed by atoms with Crippen molar-refractivity contribution in [3.63, 3.8) is 0 Å². The van der Waals surface area contributed by atoms with Crippen LogP contribution >= 0.6 is 0 Å². The average Bonchev–Trinajstić information content (AvgIpc) is 2.83. The molecule has 0 unspecified atom stereocenters. The smallest absolute Gasteiger partial charge is 0.0534 e. The minimum Gasteiger partial charge on any atom is -0.385 e. The highest BCUT2D eigenvalue weighted by atomic mass is 15.2. The highest BCUT2D eigenvalue weighted by Gasteiger charge is 2.10. The van der Waals surface area contributed by atoms with E-state index >= 15 is 0 Å². The summed E-state index contributed by atoms with van der Waals surface area (Å²) in [6.45, 7) is 3.01. The molecule has 2 heterocycles. The minimum absolute atomic E-state index is 0.934. The molecule has 1 aliphatic rings. The van der Waals surface area contributed by atoms with Crippen LogP contribution in [0.1, 0.15) is 23.1 Å². The van der Waals surface area contributed by atoms with Gasteiger partial charge in [0.1, 0.15) is 0 Å². The third-order valence-electron chi connectivity index (χ3n) is 3.77. The fourth-order valence-corrected chi connectivity index (χ4v) is 2.86.